The first kappa shape index (κ1) is 13.4. The lowest BCUT2D eigenvalue weighted by molar-refractivity contribution is 0.0903. The van der Waals surface area contributed by atoms with Gasteiger partial charge >= 0.3 is 0 Å². The van der Waals surface area contributed by atoms with Crippen LogP contribution in [0.4, 0.5) is 0 Å². The lowest BCUT2D eigenvalue weighted by Gasteiger charge is -2.06. The fourth-order valence-corrected chi connectivity index (χ4v) is 1.75. The third kappa shape index (κ3) is 2.68. The zero-order chi connectivity index (χ0) is 13.8. The minimum atomic E-state index is -0.210. The van der Waals surface area contributed by atoms with Crippen LogP contribution in [-0.4, -0.2) is 29.5 Å². The van der Waals surface area contributed by atoms with Gasteiger partial charge in [0.1, 0.15) is 17.6 Å². The van der Waals surface area contributed by atoms with Crippen LogP contribution in [0.2, 0.25) is 0 Å². The Morgan fingerprint density at radius 2 is 2.16 bits per heavy atom. The molecule has 1 atom stereocenters. The minimum Gasteiger partial charge on any atom is -0.507 e. The maximum absolute atomic E-state index is 9.90. The highest BCUT2D eigenvalue weighted by Gasteiger charge is 2.18. The molecule has 1 aromatic heterocycles. The van der Waals surface area contributed by atoms with Crippen LogP contribution in [0.5, 0.6) is 11.5 Å². The molecule has 0 radical (unpaired) electrons. The number of phenols is 1. The number of ether oxygens (including phenoxy) is 2. The molecule has 6 heteroatoms. The van der Waals surface area contributed by atoms with Gasteiger partial charge < -0.3 is 19.1 Å². The van der Waals surface area contributed by atoms with Crippen molar-refractivity contribution in [1.82, 2.24) is 10.1 Å². The van der Waals surface area contributed by atoms with Crippen LogP contribution in [0.3, 0.4) is 0 Å². The normalized spacial score (nSPS) is 12.4. The number of phenolic OH excluding ortho intramolecular Hbond substituents is 1. The lowest BCUT2D eigenvalue weighted by atomic mass is 10.2. The number of hydrogen-bond donors (Lipinski definition) is 1. The Balaban J connectivity index is 2.32. The summed E-state index contributed by atoms with van der Waals surface area (Å²) in [7, 11) is 3.12. The van der Waals surface area contributed by atoms with Crippen LogP contribution in [0.15, 0.2) is 22.7 Å². The first-order valence-corrected chi connectivity index (χ1v) is 5.93. The Morgan fingerprint density at radius 1 is 1.37 bits per heavy atom. The molecule has 2 rings (SSSR count). The van der Waals surface area contributed by atoms with Gasteiger partial charge in [-0.05, 0) is 18.6 Å². The summed E-state index contributed by atoms with van der Waals surface area (Å²) in [4.78, 5) is 4.24. The highest BCUT2D eigenvalue weighted by atomic mass is 16.5. The predicted octanol–water partition coefficient (Wildman–Crippen LogP) is 2.55. The Hall–Kier alpha value is -2.08. The van der Waals surface area contributed by atoms with Gasteiger partial charge in [0.15, 0.2) is 0 Å². The average Bonchev–Trinajstić information content (AvgIpc) is 2.89. The van der Waals surface area contributed by atoms with E-state index in [0.29, 0.717) is 17.1 Å². The van der Waals surface area contributed by atoms with Crippen LogP contribution >= 0.6 is 0 Å². The summed E-state index contributed by atoms with van der Waals surface area (Å²) >= 11 is 0. The van der Waals surface area contributed by atoms with Crippen molar-refractivity contribution in [2.45, 2.75) is 19.4 Å². The zero-order valence-electron chi connectivity index (χ0n) is 11.1. The number of rotatable bonds is 5. The van der Waals surface area contributed by atoms with Crippen molar-refractivity contribution in [3.63, 3.8) is 0 Å². The van der Waals surface area contributed by atoms with Crippen LogP contribution in [0.25, 0.3) is 11.5 Å². The van der Waals surface area contributed by atoms with Gasteiger partial charge in [-0.2, -0.15) is 4.98 Å². The molecule has 0 fully saturated rings. The fourth-order valence-electron chi connectivity index (χ4n) is 1.75. The zero-order valence-corrected chi connectivity index (χ0v) is 11.1. The molecule has 0 spiro atoms. The van der Waals surface area contributed by atoms with E-state index in [1.54, 1.807) is 19.2 Å². The molecule has 19 heavy (non-hydrogen) atoms. The highest BCUT2D eigenvalue weighted by molar-refractivity contribution is 5.63. The first-order chi connectivity index (χ1) is 9.19. The summed E-state index contributed by atoms with van der Waals surface area (Å²) in [6, 6.07) is 4.87. The van der Waals surface area contributed by atoms with E-state index < -0.39 is 0 Å². The summed E-state index contributed by atoms with van der Waals surface area (Å²) in [5, 5.41) is 13.8. The van der Waals surface area contributed by atoms with Crippen LogP contribution < -0.4 is 4.74 Å². The van der Waals surface area contributed by atoms with Crippen molar-refractivity contribution in [3.8, 4) is 23.0 Å². The van der Waals surface area contributed by atoms with Crippen molar-refractivity contribution >= 4 is 0 Å². The SMILES string of the molecule is CCC(OC)c1noc(-c2ccc(OC)cc2O)n1. The minimum absolute atomic E-state index is 0.0278. The Labute approximate surface area is 111 Å². The van der Waals surface area contributed by atoms with E-state index in [1.165, 1.54) is 13.2 Å². The molecule has 0 bridgehead atoms. The molecule has 1 heterocycles. The van der Waals surface area contributed by atoms with Crippen molar-refractivity contribution in [1.29, 1.82) is 0 Å². The molecule has 1 N–H and O–H groups in total. The second-order valence-electron chi connectivity index (χ2n) is 3.97. The molecule has 1 unspecified atom stereocenters. The van der Waals surface area contributed by atoms with Crippen LogP contribution in [0.1, 0.15) is 25.3 Å². The largest absolute Gasteiger partial charge is 0.507 e. The topological polar surface area (TPSA) is 77.6 Å². The second-order valence-corrected chi connectivity index (χ2v) is 3.97. The van der Waals surface area contributed by atoms with Gasteiger partial charge in [0.05, 0.1) is 12.7 Å². The van der Waals surface area contributed by atoms with E-state index in [4.69, 9.17) is 14.0 Å². The van der Waals surface area contributed by atoms with Crippen LogP contribution in [0, 0.1) is 0 Å². The molecule has 6 nitrogen and oxygen atoms in total. The lowest BCUT2D eigenvalue weighted by Crippen LogP contribution is -2.01. The molecule has 1 aromatic carbocycles. The van der Waals surface area contributed by atoms with E-state index in [9.17, 15) is 5.11 Å². The quantitative estimate of drug-likeness (QED) is 0.894. The Kier molecular flexibility index (Phi) is 4.01. The maximum Gasteiger partial charge on any atom is 0.261 e. The summed E-state index contributed by atoms with van der Waals surface area (Å²) in [5.74, 6) is 1.31. The van der Waals surface area contributed by atoms with E-state index in [1.807, 2.05) is 6.92 Å². The van der Waals surface area contributed by atoms with E-state index in [0.717, 1.165) is 6.42 Å². The summed E-state index contributed by atoms with van der Waals surface area (Å²) in [5.41, 5.74) is 0.463. The molecule has 0 saturated carbocycles. The molecule has 2 aromatic rings. The van der Waals surface area contributed by atoms with E-state index in [-0.39, 0.29) is 17.7 Å². The molecule has 0 aliphatic carbocycles. The molecular formula is C13H16N2O4. The van der Waals surface area contributed by atoms with E-state index >= 15 is 0 Å². The van der Waals surface area contributed by atoms with Crippen LogP contribution in [-0.2, 0) is 4.74 Å². The highest BCUT2D eigenvalue weighted by Crippen LogP contribution is 2.32. The number of hydrogen-bond acceptors (Lipinski definition) is 6. The summed E-state index contributed by atoms with van der Waals surface area (Å²) in [6.07, 6.45) is 0.530. The third-order valence-corrected chi connectivity index (χ3v) is 2.82. The van der Waals surface area contributed by atoms with Gasteiger partial charge in [-0.3, -0.25) is 0 Å². The number of aromatic nitrogens is 2. The standard InChI is InChI=1S/C13H16N2O4/c1-4-11(18-3)12-14-13(19-15-12)9-6-5-8(17-2)7-10(9)16/h5-7,11,16H,4H2,1-3H3. The smallest absolute Gasteiger partial charge is 0.261 e. The summed E-state index contributed by atoms with van der Waals surface area (Å²) < 4.78 is 15.4. The predicted molar refractivity (Wildman–Crippen MR) is 68.0 cm³/mol. The van der Waals surface area contributed by atoms with Gasteiger partial charge in [-0.1, -0.05) is 12.1 Å². The van der Waals surface area contributed by atoms with Gasteiger partial charge in [-0.15, -0.1) is 0 Å². The second kappa shape index (κ2) is 5.71. The molecular weight excluding hydrogens is 248 g/mol. The number of benzene rings is 1. The summed E-state index contributed by atoms with van der Waals surface area (Å²) in [6.45, 7) is 1.97. The Morgan fingerprint density at radius 3 is 2.74 bits per heavy atom. The van der Waals surface area contributed by atoms with Gasteiger partial charge in [0.25, 0.3) is 5.89 Å². The molecule has 102 valence electrons. The Bertz CT molecular complexity index is 549. The van der Waals surface area contributed by atoms with Crippen molar-refractivity contribution in [2.24, 2.45) is 0 Å². The maximum atomic E-state index is 9.90. The van der Waals surface area contributed by atoms with Gasteiger partial charge in [0.2, 0.25) is 5.82 Å². The molecule has 0 saturated heterocycles. The third-order valence-electron chi connectivity index (χ3n) is 2.82. The number of methoxy groups -OCH3 is 2. The van der Waals surface area contributed by atoms with Gasteiger partial charge in [0, 0.05) is 13.2 Å². The van der Waals surface area contributed by atoms with Crippen molar-refractivity contribution in [3.05, 3.63) is 24.0 Å². The number of aromatic hydroxyl groups is 1. The number of nitrogens with zero attached hydrogens (tertiary/aromatic N) is 2. The van der Waals surface area contributed by atoms with Crippen molar-refractivity contribution in [2.75, 3.05) is 14.2 Å². The van der Waals surface area contributed by atoms with Gasteiger partial charge in [-0.25, -0.2) is 0 Å². The fraction of sp³-hybridized carbons (Fsp3) is 0.385. The van der Waals surface area contributed by atoms with E-state index in [2.05, 4.69) is 10.1 Å². The van der Waals surface area contributed by atoms with Crippen molar-refractivity contribution < 1.29 is 19.1 Å². The molecule has 0 aliphatic rings. The molecule has 0 amide bonds. The first-order valence-electron chi connectivity index (χ1n) is 5.93. The average molecular weight is 264 g/mol. The monoisotopic (exact) mass is 264 g/mol. The molecule has 0 aliphatic heterocycles.